The summed E-state index contributed by atoms with van der Waals surface area (Å²) in [6.45, 7) is 0.130. The molecule has 0 aliphatic rings. The van der Waals surface area contributed by atoms with Gasteiger partial charge < -0.3 is 5.73 Å². The first-order chi connectivity index (χ1) is 6.06. The smallest absolute Gasteiger partial charge is 0.179 e. The molecule has 0 spiro atoms. The Morgan fingerprint density at radius 1 is 1.21 bits per heavy atom. The van der Waals surface area contributed by atoms with Crippen molar-refractivity contribution in [1.29, 1.82) is 0 Å². The first-order valence-electron chi connectivity index (χ1n) is 3.74. The van der Waals surface area contributed by atoms with Crippen LogP contribution in [0, 0.1) is 0 Å². The van der Waals surface area contributed by atoms with Crippen LogP contribution >= 0.6 is 24.0 Å². The third kappa shape index (κ3) is 3.46. The molecule has 14 heavy (non-hydrogen) atoms. The maximum atomic E-state index is 11.4. The van der Waals surface area contributed by atoms with Crippen LogP contribution in [0.5, 0.6) is 0 Å². The summed E-state index contributed by atoms with van der Waals surface area (Å²) in [7, 11) is -3.21. The Bertz CT molecular complexity index is 375. The van der Waals surface area contributed by atoms with Gasteiger partial charge in [-0.15, -0.1) is 12.4 Å². The summed E-state index contributed by atoms with van der Waals surface area (Å²) in [5.41, 5.74) is 5.18. The molecule has 0 atom stereocenters. The summed E-state index contributed by atoms with van der Waals surface area (Å²) in [5.74, 6) is -0.0331. The molecule has 1 aromatic carbocycles. The molecule has 1 rings (SSSR count). The second-order valence-corrected chi connectivity index (χ2v) is 5.11. The van der Waals surface area contributed by atoms with Gasteiger partial charge in [0.1, 0.15) is 0 Å². The van der Waals surface area contributed by atoms with E-state index in [2.05, 4.69) is 0 Å². The van der Waals surface area contributed by atoms with E-state index in [-0.39, 0.29) is 29.6 Å². The summed E-state index contributed by atoms with van der Waals surface area (Å²) in [4.78, 5) is 0.266. The maximum absolute atomic E-state index is 11.4. The van der Waals surface area contributed by atoms with Gasteiger partial charge in [-0.1, -0.05) is 11.6 Å². The van der Waals surface area contributed by atoms with Gasteiger partial charge in [0.05, 0.1) is 10.6 Å². The fourth-order valence-electron chi connectivity index (χ4n) is 0.915. The quantitative estimate of drug-likeness (QED) is 0.891. The zero-order chi connectivity index (χ0) is 9.90. The van der Waals surface area contributed by atoms with Gasteiger partial charge in [0, 0.05) is 11.6 Å². The van der Waals surface area contributed by atoms with Crippen LogP contribution in [0.2, 0.25) is 5.02 Å². The molecule has 0 amide bonds. The predicted octanol–water partition coefficient (Wildman–Crippen LogP) is 1.49. The predicted molar refractivity (Wildman–Crippen MR) is 59.8 cm³/mol. The number of sulfone groups is 1. The van der Waals surface area contributed by atoms with Crippen molar-refractivity contribution in [3.63, 3.8) is 0 Å². The highest BCUT2D eigenvalue weighted by Crippen LogP contribution is 2.14. The lowest BCUT2D eigenvalue weighted by molar-refractivity contribution is 0.596. The average molecular weight is 256 g/mol. The van der Waals surface area contributed by atoms with Crippen LogP contribution in [0.3, 0.4) is 0 Å². The fourth-order valence-corrected chi connectivity index (χ4v) is 2.14. The lowest BCUT2D eigenvalue weighted by Gasteiger charge is -2.01. The highest BCUT2D eigenvalue weighted by molar-refractivity contribution is 7.91. The Labute approximate surface area is 94.6 Å². The van der Waals surface area contributed by atoms with Gasteiger partial charge in [-0.05, 0) is 24.3 Å². The molecule has 6 heteroatoms. The van der Waals surface area contributed by atoms with Crippen molar-refractivity contribution in [2.75, 3.05) is 12.3 Å². The average Bonchev–Trinajstić information content (AvgIpc) is 2.05. The molecule has 80 valence electrons. The van der Waals surface area contributed by atoms with Gasteiger partial charge >= 0.3 is 0 Å². The van der Waals surface area contributed by atoms with Crippen molar-refractivity contribution in [2.45, 2.75) is 4.90 Å². The minimum absolute atomic E-state index is 0. The van der Waals surface area contributed by atoms with Crippen LogP contribution < -0.4 is 5.73 Å². The Morgan fingerprint density at radius 3 is 2.14 bits per heavy atom. The summed E-state index contributed by atoms with van der Waals surface area (Å²) >= 11 is 5.62. The minimum atomic E-state index is -3.21. The summed E-state index contributed by atoms with van der Waals surface area (Å²) in [6, 6.07) is 6.05. The number of halogens is 2. The normalized spacial score (nSPS) is 10.7. The Hall–Kier alpha value is -0.290. The van der Waals surface area contributed by atoms with Crippen molar-refractivity contribution < 1.29 is 8.42 Å². The molecule has 0 saturated heterocycles. The maximum Gasteiger partial charge on any atom is 0.179 e. The van der Waals surface area contributed by atoms with E-state index in [0.29, 0.717) is 5.02 Å². The first kappa shape index (κ1) is 13.7. The molecule has 0 unspecified atom stereocenters. The van der Waals surface area contributed by atoms with Crippen molar-refractivity contribution in [1.82, 2.24) is 0 Å². The van der Waals surface area contributed by atoms with Gasteiger partial charge in [0.15, 0.2) is 9.84 Å². The number of benzene rings is 1. The number of hydrogen-bond acceptors (Lipinski definition) is 3. The van der Waals surface area contributed by atoms with E-state index >= 15 is 0 Å². The molecule has 0 radical (unpaired) electrons. The summed E-state index contributed by atoms with van der Waals surface area (Å²) < 4.78 is 22.8. The van der Waals surface area contributed by atoms with Gasteiger partial charge in [-0.25, -0.2) is 8.42 Å². The van der Waals surface area contributed by atoms with Crippen LogP contribution in [0.4, 0.5) is 0 Å². The molecule has 2 N–H and O–H groups in total. The van der Waals surface area contributed by atoms with Crippen molar-refractivity contribution in [3.8, 4) is 0 Å². The van der Waals surface area contributed by atoms with Crippen molar-refractivity contribution in [3.05, 3.63) is 29.3 Å². The van der Waals surface area contributed by atoms with Gasteiger partial charge in [-0.2, -0.15) is 0 Å². The largest absolute Gasteiger partial charge is 0.329 e. The highest BCUT2D eigenvalue weighted by atomic mass is 35.5. The Morgan fingerprint density at radius 2 is 1.71 bits per heavy atom. The molecule has 1 aromatic rings. The van der Waals surface area contributed by atoms with E-state index in [1.807, 2.05) is 0 Å². The lowest BCUT2D eigenvalue weighted by atomic mass is 10.4. The summed E-state index contributed by atoms with van der Waals surface area (Å²) in [5, 5.41) is 0.520. The fraction of sp³-hybridized carbons (Fsp3) is 0.250. The second-order valence-electron chi connectivity index (χ2n) is 2.56. The molecule has 3 nitrogen and oxygen atoms in total. The van der Waals surface area contributed by atoms with E-state index < -0.39 is 9.84 Å². The molecule has 0 aromatic heterocycles. The van der Waals surface area contributed by atoms with E-state index in [4.69, 9.17) is 17.3 Å². The van der Waals surface area contributed by atoms with E-state index in [9.17, 15) is 8.42 Å². The van der Waals surface area contributed by atoms with E-state index in [1.54, 1.807) is 12.1 Å². The van der Waals surface area contributed by atoms with Crippen LogP contribution in [0.15, 0.2) is 29.2 Å². The Balaban J connectivity index is 0.00000169. The second kappa shape index (κ2) is 5.56. The molecule has 0 heterocycles. The zero-order valence-electron chi connectivity index (χ0n) is 7.31. The number of nitrogens with two attached hydrogens (primary N) is 1. The highest BCUT2D eigenvalue weighted by Gasteiger charge is 2.11. The molecular weight excluding hydrogens is 245 g/mol. The van der Waals surface area contributed by atoms with Crippen molar-refractivity contribution >= 4 is 33.8 Å². The monoisotopic (exact) mass is 255 g/mol. The van der Waals surface area contributed by atoms with Gasteiger partial charge in [0.25, 0.3) is 0 Å². The topological polar surface area (TPSA) is 60.2 Å². The van der Waals surface area contributed by atoms with Gasteiger partial charge in [0.2, 0.25) is 0 Å². The third-order valence-electron chi connectivity index (χ3n) is 1.56. The molecule has 0 fully saturated rings. The van der Waals surface area contributed by atoms with E-state index in [0.717, 1.165) is 0 Å². The van der Waals surface area contributed by atoms with Crippen LogP contribution in [0.25, 0.3) is 0 Å². The van der Waals surface area contributed by atoms with Crippen LogP contribution in [-0.4, -0.2) is 20.7 Å². The number of hydrogen-bond donors (Lipinski definition) is 1. The molecular formula is C8H11Cl2NO2S. The molecule has 0 aliphatic heterocycles. The Kier molecular flexibility index (Phi) is 5.44. The minimum Gasteiger partial charge on any atom is -0.329 e. The van der Waals surface area contributed by atoms with Crippen molar-refractivity contribution in [2.24, 2.45) is 5.73 Å². The van der Waals surface area contributed by atoms with Gasteiger partial charge in [-0.3, -0.25) is 0 Å². The molecule has 0 saturated carbocycles. The van der Waals surface area contributed by atoms with E-state index in [1.165, 1.54) is 12.1 Å². The zero-order valence-corrected chi connectivity index (χ0v) is 9.70. The lowest BCUT2D eigenvalue weighted by Crippen LogP contribution is -2.15. The number of rotatable bonds is 3. The molecule has 0 bridgehead atoms. The SMILES string of the molecule is Cl.NCCS(=O)(=O)c1ccc(Cl)cc1. The first-order valence-corrected chi connectivity index (χ1v) is 5.77. The van der Waals surface area contributed by atoms with Crippen LogP contribution in [0.1, 0.15) is 0 Å². The standard InChI is InChI=1S/C8H10ClNO2S.ClH/c9-7-1-3-8(4-2-7)13(11,12)6-5-10;/h1-4H,5-6,10H2;1H. The summed E-state index contributed by atoms with van der Waals surface area (Å²) in [6.07, 6.45) is 0. The van der Waals surface area contributed by atoms with Crippen LogP contribution in [-0.2, 0) is 9.84 Å². The third-order valence-corrected chi connectivity index (χ3v) is 3.57. The molecule has 0 aliphatic carbocycles.